The Morgan fingerprint density at radius 3 is 2.55 bits per heavy atom. The number of hydrogen-bond donors (Lipinski definition) is 1. The Bertz CT molecular complexity index is 965. The topological polar surface area (TPSA) is 48.5 Å². The van der Waals surface area contributed by atoms with Crippen LogP contribution in [-0.2, 0) is 11.2 Å². The first-order valence-electron chi connectivity index (χ1n) is 10.4. The Morgan fingerprint density at radius 2 is 1.79 bits per heavy atom. The van der Waals surface area contributed by atoms with E-state index in [0.29, 0.717) is 5.91 Å². The van der Waals surface area contributed by atoms with Crippen molar-refractivity contribution in [2.75, 3.05) is 44.2 Å². The van der Waals surface area contributed by atoms with Crippen LogP contribution in [0.2, 0.25) is 0 Å². The van der Waals surface area contributed by atoms with E-state index in [-0.39, 0.29) is 5.41 Å². The number of hydrogen-bond acceptors (Lipinski definition) is 5. The Labute approximate surface area is 175 Å². The molecule has 2 saturated heterocycles. The molecule has 2 aromatic carbocycles. The molecule has 2 aliphatic heterocycles. The van der Waals surface area contributed by atoms with Crippen LogP contribution in [-0.4, -0.2) is 55.1 Å². The Morgan fingerprint density at radius 1 is 1.00 bits per heavy atom. The van der Waals surface area contributed by atoms with Crippen molar-refractivity contribution < 1.29 is 4.79 Å². The van der Waals surface area contributed by atoms with Crippen molar-refractivity contribution in [2.24, 2.45) is 5.41 Å². The summed E-state index contributed by atoms with van der Waals surface area (Å²) in [4.78, 5) is 22.8. The van der Waals surface area contributed by atoms with E-state index in [1.165, 1.54) is 10.3 Å². The molecule has 29 heavy (non-hydrogen) atoms. The largest absolute Gasteiger partial charge is 0.346 e. The van der Waals surface area contributed by atoms with Crippen molar-refractivity contribution in [3.05, 3.63) is 60.2 Å². The molecule has 5 nitrogen and oxygen atoms in total. The van der Waals surface area contributed by atoms with Gasteiger partial charge in [0.2, 0.25) is 5.91 Å². The Hall–Kier alpha value is -2.44. The van der Waals surface area contributed by atoms with Crippen LogP contribution < -0.4 is 10.2 Å². The maximum atomic E-state index is 13.5. The van der Waals surface area contributed by atoms with E-state index in [4.69, 9.17) is 4.98 Å². The SMILES string of the molecule is O=C(N1CCCN(c2nc3ccccc3s2)CC1)C1(Cc2ccccc2)CNC1. The number of thiazole rings is 1. The monoisotopic (exact) mass is 406 g/mol. The van der Waals surface area contributed by atoms with Gasteiger partial charge in [-0.2, -0.15) is 0 Å². The zero-order valence-electron chi connectivity index (χ0n) is 16.5. The molecule has 3 heterocycles. The predicted molar refractivity (Wildman–Crippen MR) is 118 cm³/mol. The molecule has 0 bridgehead atoms. The second kappa shape index (κ2) is 7.76. The highest BCUT2D eigenvalue weighted by molar-refractivity contribution is 7.22. The molecule has 0 radical (unpaired) electrons. The quantitative estimate of drug-likeness (QED) is 0.723. The zero-order valence-corrected chi connectivity index (χ0v) is 17.3. The third-order valence-corrected chi connectivity index (χ3v) is 7.20. The number of para-hydroxylation sites is 1. The summed E-state index contributed by atoms with van der Waals surface area (Å²) in [5.74, 6) is 0.311. The van der Waals surface area contributed by atoms with E-state index in [0.717, 1.165) is 62.8 Å². The van der Waals surface area contributed by atoms with Gasteiger partial charge in [-0.3, -0.25) is 4.79 Å². The van der Waals surface area contributed by atoms with Crippen molar-refractivity contribution in [2.45, 2.75) is 12.8 Å². The first-order chi connectivity index (χ1) is 14.2. The van der Waals surface area contributed by atoms with E-state index >= 15 is 0 Å². The Kier molecular flexibility index (Phi) is 4.97. The predicted octanol–water partition coefficient (Wildman–Crippen LogP) is 3.17. The van der Waals surface area contributed by atoms with Crippen molar-refractivity contribution in [1.82, 2.24) is 15.2 Å². The van der Waals surface area contributed by atoms with Crippen molar-refractivity contribution >= 4 is 32.6 Å². The van der Waals surface area contributed by atoms with E-state index < -0.39 is 0 Å². The second-order valence-electron chi connectivity index (χ2n) is 8.14. The van der Waals surface area contributed by atoms with Gasteiger partial charge >= 0.3 is 0 Å². The van der Waals surface area contributed by atoms with Gasteiger partial charge in [0.1, 0.15) is 0 Å². The highest BCUT2D eigenvalue weighted by Crippen LogP contribution is 2.32. The number of rotatable bonds is 4. The van der Waals surface area contributed by atoms with Crippen LogP contribution in [0.3, 0.4) is 0 Å². The summed E-state index contributed by atoms with van der Waals surface area (Å²) in [6, 6.07) is 18.7. The molecule has 150 valence electrons. The fourth-order valence-corrected chi connectivity index (χ4v) is 5.42. The normalized spacial score (nSPS) is 19.0. The molecule has 5 rings (SSSR count). The van der Waals surface area contributed by atoms with Gasteiger partial charge in [0.25, 0.3) is 0 Å². The number of fused-ring (bicyclic) bond motifs is 1. The molecule has 3 aromatic rings. The van der Waals surface area contributed by atoms with E-state index in [1.807, 2.05) is 12.1 Å². The van der Waals surface area contributed by atoms with Crippen LogP contribution >= 0.6 is 11.3 Å². The third kappa shape index (κ3) is 3.63. The molecule has 1 amide bonds. The molecular weight excluding hydrogens is 380 g/mol. The summed E-state index contributed by atoms with van der Waals surface area (Å²) in [5.41, 5.74) is 2.02. The molecule has 0 aliphatic carbocycles. The average molecular weight is 407 g/mol. The van der Waals surface area contributed by atoms with Gasteiger partial charge in [-0.15, -0.1) is 0 Å². The number of carbonyl (C=O) groups is 1. The van der Waals surface area contributed by atoms with E-state index in [2.05, 4.69) is 57.6 Å². The Balaban J connectivity index is 1.29. The van der Waals surface area contributed by atoms with Crippen LogP contribution in [0.4, 0.5) is 5.13 Å². The van der Waals surface area contributed by atoms with Crippen LogP contribution in [0.5, 0.6) is 0 Å². The lowest BCUT2D eigenvalue weighted by Gasteiger charge is -2.44. The summed E-state index contributed by atoms with van der Waals surface area (Å²) in [6.07, 6.45) is 1.80. The zero-order chi connectivity index (χ0) is 19.7. The molecule has 1 aromatic heterocycles. The number of nitrogens with one attached hydrogen (secondary N) is 1. The summed E-state index contributed by atoms with van der Waals surface area (Å²) in [6.45, 7) is 4.95. The standard InChI is InChI=1S/C23H26N4OS/c28-21(23(16-24-17-23)15-18-7-2-1-3-8-18)26-11-6-12-27(14-13-26)22-25-19-9-4-5-10-20(19)29-22/h1-5,7-10,24H,6,11-17H2. The van der Waals surface area contributed by atoms with Crippen LogP contribution in [0.1, 0.15) is 12.0 Å². The molecule has 6 heteroatoms. The lowest BCUT2D eigenvalue weighted by molar-refractivity contribution is -0.145. The van der Waals surface area contributed by atoms with Crippen LogP contribution in [0.15, 0.2) is 54.6 Å². The van der Waals surface area contributed by atoms with Crippen molar-refractivity contribution in [3.63, 3.8) is 0 Å². The number of benzene rings is 2. The van der Waals surface area contributed by atoms with E-state index in [1.54, 1.807) is 11.3 Å². The van der Waals surface area contributed by atoms with Gasteiger partial charge in [0.05, 0.1) is 15.6 Å². The lowest BCUT2D eigenvalue weighted by atomic mass is 9.75. The fraction of sp³-hybridized carbons (Fsp3) is 0.391. The lowest BCUT2D eigenvalue weighted by Crippen LogP contribution is -2.63. The molecule has 0 unspecified atom stereocenters. The van der Waals surface area contributed by atoms with Gasteiger partial charge in [-0.1, -0.05) is 53.8 Å². The molecule has 2 aliphatic rings. The van der Waals surface area contributed by atoms with Gasteiger partial charge in [0.15, 0.2) is 5.13 Å². The van der Waals surface area contributed by atoms with Crippen molar-refractivity contribution in [1.29, 1.82) is 0 Å². The number of amides is 1. The van der Waals surface area contributed by atoms with Crippen LogP contribution in [0.25, 0.3) is 10.2 Å². The molecular formula is C23H26N4OS. The summed E-state index contributed by atoms with van der Waals surface area (Å²) >= 11 is 1.75. The van der Waals surface area contributed by atoms with Crippen LogP contribution in [0, 0.1) is 5.41 Å². The highest BCUT2D eigenvalue weighted by Gasteiger charge is 2.46. The summed E-state index contributed by atoms with van der Waals surface area (Å²) in [7, 11) is 0. The molecule has 2 fully saturated rings. The molecule has 0 spiro atoms. The minimum atomic E-state index is -0.285. The van der Waals surface area contributed by atoms with Gasteiger partial charge in [0, 0.05) is 39.3 Å². The second-order valence-corrected chi connectivity index (χ2v) is 9.15. The smallest absolute Gasteiger partial charge is 0.231 e. The molecule has 0 saturated carbocycles. The number of aromatic nitrogens is 1. The maximum Gasteiger partial charge on any atom is 0.231 e. The average Bonchev–Trinajstić information content (AvgIpc) is 3.00. The first-order valence-corrected chi connectivity index (χ1v) is 11.2. The molecule has 1 N–H and O–H groups in total. The van der Waals surface area contributed by atoms with Gasteiger partial charge in [-0.25, -0.2) is 4.98 Å². The number of carbonyl (C=O) groups excluding carboxylic acids is 1. The van der Waals surface area contributed by atoms with Gasteiger partial charge < -0.3 is 15.1 Å². The molecule has 0 atom stereocenters. The minimum absolute atomic E-state index is 0.285. The maximum absolute atomic E-state index is 13.5. The fourth-order valence-electron chi connectivity index (χ4n) is 4.41. The van der Waals surface area contributed by atoms with Gasteiger partial charge in [-0.05, 0) is 30.5 Å². The summed E-state index contributed by atoms with van der Waals surface area (Å²) < 4.78 is 1.22. The highest BCUT2D eigenvalue weighted by atomic mass is 32.1. The third-order valence-electron chi connectivity index (χ3n) is 6.10. The number of anilines is 1. The minimum Gasteiger partial charge on any atom is -0.346 e. The van der Waals surface area contributed by atoms with E-state index in [9.17, 15) is 4.79 Å². The summed E-state index contributed by atoms with van der Waals surface area (Å²) in [5, 5.41) is 4.42. The van der Waals surface area contributed by atoms with Crippen molar-refractivity contribution in [3.8, 4) is 0 Å². The number of nitrogens with zero attached hydrogens (tertiary/aromatic N) is 3. The first kappa shape index (κ1) is 18.6.